The highest BCUT2D eigenvalue weighted by Gasteiger charge is 2.09. The normalized spacial score (nSPS) is 11.1. The van der Waals surface area contributed by atoms with Gasteiger partial charge in [-0.2, -0.15) is 5.10 Å². The zero-order valence-corrected chi connectivity index (χ0v) is 15.1. The molecule has 0 aliphatic carbocycles. The zero-order chi connectivity index (χ0) is 18.4. The number of rotatable bonds is 5. The van der Waals surface area contributed by atoms with Crippen LogP contribution in [0.5, 0.6) is 0 Å². The molecule has 2 aromatic rings. The number of nitrogens with one attached hydrogen (secondary N) is 2. The molecule has 2 N–H and O–H groups in total. The second-order valence-electron chi connectivity index (χ2n) is 5.77. The number of hydrazone groups is 1. The third kappa shape index (κ3) is 5.43. The predicted octanol–water partition coefficient (Wildman–Crippen LogP) is 4.09. The van der Waals surface area contributed by atoms with Crippen molar-refractivity contribution < 1.29 is 9.59 Å². The molecule has 0 aromatic heterocycles. The number of carbonyl (C=O) groups excluding carboxylic acids is 2. The second-order valence-corrected chi connectivity index (χ2v) is 6.21. The lowest BCUT2D eigenvalue weighted by Crippen LogP contribution is -2.21. The van der Waals surface area contributed by atoms with E-state index in [9.17, 15) is 9.59 Å². The summed E-state index contributed by atoms with van der Waals surface area (Å²) in [6, 6.07) is 12.3. The van der Waals surface area contributed by atoms with E-state index < -0.39 is 0 Å². The third-order valence-corrected chi connectivity index (χ3v) is 3.97. The lowest BCUT2D eigenvalue weighted by molar-refractivity contribution is -0.115. The van der Waals surface area contributed by atoms with Crippen molar-refractivity contribution in [1.29, 1.82) is 0 Å². The van der Waals surface area contributed by atoms with E-state index in [1.807, 2.05) is 32.0 Å². The first-order chi connectivity index (χ1) is 11.9. The fourth-order valence-corrected chi connectivity index (χ4v) is 2.38. The summed E-state index contributed by atoms with van der Waals surface area (Å²) in [4.78, 5) is 24.1. The molecular formula is C19H20ClN3O2. The largest absolute Gasteiger partial charge is 0.326 e. The van der Waals surface area contributed by atoms with Gasteiger partial charge < -0.3 is 5.32 Å². The van der Waals surface area contributed by atoms with E-state index in [1.165, 1.54) is 0 Å². The van der Waals surface area contributed by atoms with Gasteiger partial charge in [-0.15, -0.1) is 0 Å². The molecule has 2 amide bonds. The number of halogens is 1. The van der Waals surface area contributed by atoms with Crippen molar-refractivity contribution >= 4 is 34.8 Å². The molecule has 6 heteroatoms. The van der Waals surface area contributed by atoms with Gasteiger partial charge in [0, 0.05) is 22.0 Å². The first-order valence-electron chi connectivity index (χ1n) is 7.82. The van der Waals surface area contributed by atoms with E-state index in [0.29, 0.717) is 16.3 Å². The Kier molecular flexibility index (Phi) is 6.31. The van der Waals surface area contributed by atoms with E-state index in [1.54, 1.807) is 31.2 Å². The van der Waals surface area contributed by atoms with E-state index in [2.05, 4.69) is 15.8 Å². The van der Waals surface area contributed by atoms with Gasteiger partial charge in [-0.1, -0.05) is 29.8 Å². The number of amides is 2. The molecule has 0 heterocycles. The Morgan fingerprint density at radius 1 is 1.12 bits per heavy atom. The van der Waals surface area contributed by atoms with Crippen molar-refractivity contribution in [1.82, 2.24) is 5.43 Å². The highest BCUT2D eigenvalue weighted by molar-refractivity contribution is 6.30. The molecule has 2 rings (SSSR count). The number of hydrogen-bond acceptors (Lipinski definition) is 3. The van der Waals surface area contributed by atoms with Crippen molar-refractivity contribution in [2.75, 3.05) is 5.32 Å². The maximum Gasteiger partial charge on any atom is 0.271 e. The van der Waals surface area contributed by atoms with E-state index in [4.69, 9.17) is 11.6 Å². The summed E-state index contributed by atoms with van der Waals surface area (Å²) >= 11 is 5.85. The minimum Gasteiger partial charge on any atom is -0.326 e. The fourth-order valence-electron chi connectivity index (χ4n) is 2.19. The molecule has 0 unspecified atom stereocenters. The van der Waals surface area contributed by atoms with Crippen LogP contribution < -0.4 is 10.7 Å². The maximum absolute atomic E-state index is 12.1. The molecule has 130 valence electrons. The van der Waals surface area contributed by atoms with Crippen LogP contribution in [-0.4, -0.2) is 17.5 Å². The first-order valence-corrected chi connectivity index (χ1v) is 8.19. The van der Waals surface area contributed by atoms with Gasteiger partial charge in [0.1, 0.15) is 0 Å². The number of benzene rings is 2. The SMILES string of the molecule is CC(CC(=O)Nc1cccc(C)c1C)=NNC(=O)c1cccc(Cl)c1. The Balaban J connectivity index is 1.93. The van der Waals surface area contributed by atoms with Crippen LogP contribution in [0, 0.1) is 13.8 Å². The summed E-state index contributed by atoms with van der Waals surface area (Å²) < 4.78 is 0. The Morgan fingerprint density at radius 2 is 1.84 bits per heavy atom. The van der Waals surface area contributed by atoms with Crippen molar-refractivity contribution in [2.24, 2.45) is 5.10 Å². The summed E-state index contributed by atoms with van der Waals surface area (Å²) in [6.07, 6.45) is 0.0865. The zero-order valence-electron chi connectivity index (χ0n) is 14.4. The van der Waals surface area contributed by atoms with Gasteiger partial charge in [0.25, 0.3) is 5.91 Å². The number of anilines is 1. The third-order valence-electron chi connectivity index (χ3n) is 3.73. The monoisotopic (exact) mass is 357 g/mol. The molecule has 0 fully saturated rings. The highest BCUT2D eigenvalue weighted by Crippen LogP contribution is 2.18. The van der Waals surface area contributed by atoms with Gasteiger partial charge >= 0.3 is 0 Å². The van der Waals surface area contributed by atoms with Crippen molar-refractivity contribution in [3.8, 4) is 0 Å². The van der Waals surface area contributed by atoms with Crippen LogP contribution in [0.1, 0.15) is 34.8 Å². The van der Waals surface area contributed by atoms with E-state index >= 15 is 0 Å². The summed E-state index contributed by atoms with van der Waals surface area (Å²) in [6.45, 7) is 5.63. The lowest BCUT2D eigenvalue weighted by Gasteiger charge is -2.10. The van der Waals surface area contributed by atoms with Crippen molar-refractivity contribution in [3.05, 3.63) is 64.2 Å². The van der Waals surface area contributed by atoms with Crippen LogP contribution in [0.25, 0.3) is 0 Å². The molecule has 0 saturated heterocycles. The van der Waals surface area contributed by atoms with Crippen LogP contribution in [0.2, 0.25) is 5.02 Å². The molecule has 0 bridgehead atoms. The van der Waals surface area contributed by atoms with Crippen molar-refractivity contribution in [3.63, 3.8) is 0 Å². The van der Waals surface area contributed by atoms with E-state index in [-0.39, 0.29) is 18.2 Å². The van der Waals surface area contributed by atoms with Crippen molar-refractivity contribution in [2.45, 2.75) is 27.2 Å². The van der Waals surface area contributed by atoms with Gasteiger partial charge in [-0.05, 0) is 56.2 Å². The van der Waals surface area contributed by atoms with Crippen LogP contribution in [0.3, 0.4) is 0 Å². The number of aryl methyl sites for hydroxylation is 1. The molecule has 0 spiro atoms. The number of carbonyl (C=O) groups is 2. The highest BCUT2D eigenvalue weighted by atomic mass is 35.5. The fraction of sp³-hybridized carbons (Fsp3) is 0.211. The smallest absolute Gasteiger partial charge is 0.271 e. The predicted molar refractivity (Wildman–Crippen MR) is 101 cm³/mol. The topological polar surface area (TPSA) is 70.6 Å². The molecule has 25 heavy (non-hydrogen) atoms. The molecule has 0 aliphatic heterocycles. The van der Waals surface area contributed by atoms with Crippen LogP contribution in [0.4, 0.5) is 5.69 Å². The molecule has 0 saturated carbocycles. The number of nitrogens with zero attached hydrogens (tertiary/aromatic N) is 1. The van der Waals surface area contributed by atoms with Gasteiger partial charge in [0.15, 0.2) is 0 Å². The van der Waals surface area contributed by atoms with Crippen LogP contribution in [-0.2, 0) is 4.79 Å². The Morgan fingerprint density at radius 3 is 2.56 bits per heavy atom. The quantitative estimate of drug-likeness (QED) is 0.625. The van der Waals surface area contributed by atoms with Crippen LogP contribution in [0.15, 0.2) is 47.6 Å². The number of hydrogen-bond donors (Lipinski definition) is 2. The Bertz CT molecular complexity index is 831. The van der Waals surface area contributed by atoms with Gasteiger partial charge in [-0.25, -0.2) is 5.43 Å². The average molecular weight is 358 g/mol. The standard InChI is InChI=1S/C19H20ClN3O2/c1-12-6-4-9-17(14(12)3)21-18(24)10-13(2)22-23-19(25)15-7-5-8-16(20)11-15/h4-9,11H,10H2,1-3H3,(H,21,24)(H,23,25). The van der Waals surface area contributed by atoms with Gasteiger partial charge in [0.05, 0.1) is 6.42 Å². The summed E-state index contributed by atoms with van der Waals surface area (Å²) in [5.41, 5.74) is 6.25. The first kappa shape index (κ1) is 18.7. The second kappa shape index (κ2) is 8.44. The van der Waals surface area contributed by atoms with E-state index in [0.717, 1.165) is 16.8 Å². The molecule has 5 nitrogen and oxygen atoms in total. The minimum atomic E-state index is -0.378. The lowest BCUT2D eigenvalue weighted by atomic mass is 10.1. The molecule has 0 radical (unpaired) electrons. The van der Waals surface area contributed by atoms with Gasteiger partial charge in [-0.3, -0.25) is 9.59 Å². The van der Waals surface area contributed by atoms with Crippen LogP contribution >= 0.6 is 11.6 Å². The summed E-state index contributed by atoms with van der Waals surface area (Å²) in [5, 5.41) is 7.30. The molecule has 2 aromatic carbocycles. The molecule has 0 atom stereocenters. The molecule has 0 aliphatic rings. The Hall–Kier alpha value is -2.66. The average Bonchev–Trinajstić information content (AvgIpc) is 2.56. The Labute approximate surface area is 152 Å². The molecular weight excluding hydrogens is 338 g/mol. The maximum atomic E-state index is 12.1. The summed E-state index contributed by atoms with van der Waals surface area (Å²) in [7, 11) is 0. The minimum absolute atomic E-state index is 0.0865. The summed E-state index contributed by atoms with van der Waals surface area (Å²) in [5.74, 6) is -0.566. The van der Waals surface area contributed by atoms with Gasteiger partial charge in [0.2, 0.25) is 5.91 Å².